The maximum Gasteiger partial charge on any atom is 0.338 e. The minimum atomic E-state index is -0.868. The summed E-state index contributed by atoms with van der Waals surface area (Å²) in [5.74, 6) is 0.0292. The van der Waals surface area contributed by atoms with Crippen molar-refractivity contribution in [3.8, 4) is 17.2 Å². The molecule has 1 atom stereocenters. The van der Waals surface area contributed by atoms with Crippen LogP contribution < -0.4 is 24.4 Å². The van der Waals surface area contributed by atoms with E-state index in [1.54, 1.807) is 49.8 Å². The van der Waals surface area contributed by atoms with Crippen molar-refractivity contribution in [2.45, 2.75) is 33.7 Å². The Morgan fingerprint density at radius 1 is 0.860 bits per heavy atom. The number of carbonyl (C=O) groups excluding carboxylic acids is 2. The van der Waals surface area contributed by atoms with E-state index in [2.05, 4.69) is 4.57 Å². The standard InChI is InChI=1S/C39H37N3O7S/c1-7-48-37(44)26-14-17-29(18-15-26)41-23(3)20-28(24(41)4)22-32-36(43)42-35(27-16-19-30(46-5)31(21-27)47-6)33(38(45)49-8-2)34(40-39(42)50-32)25-12-10-9-11-13-25/h9-22,35H,7-8H2,1-6H3/b32-22-/t35-/m1/s1. The Kier molecular flexibility index (Phi) is 9.87. The first-order valence-electron chi connectivity index (χ1n) is 16.2. The summed E-state index contributed by atoms with van der Waals surface area (Å²) in [6.07, 6.45) is 1.86. The quantitative estimate of drug-likeness (QED) is 0.177. The van der Waals surface area contributed by atoms with Crippen LogP contribution in [0.25, 0.3) is 17.5 Å². The molecule has 256 valence electrons. The van der Waals surface area contributed by atoms with Crippen LogP contribution in [0.3, 0.4) is 0 Å². The zero-order valence-electron chi connectivity index (χ0n) is 28.7. The average molecular weight is 692 g/mol. The van der Waals surface area contributed by atoms with Crippen molar-refractivity contribution >= 4 is 35.0 Å². The van der Waals surface area contributed by atoms with E-state index >= 15 is 0 Å². The Hall–Kier alpha value is -5.68. The number of carbonyl (C=O) groups is 2. The van der Waals surface area contributed by atoms with Crippen LogP contribution in [-0.2, 0) is 14.3 Å². The molecule has 0 aliphatic carbocycles. The summed E-state index contributed by atoms with van der Waals surface area (Å²) in [4.78, 5) is 45.9. The first kappa shape index (κ1) is 34.2. The Balaban J connectivity index is 1.55. The summed E-state index contributed by atoms with van der Waals surface area (Å²) < 4.78 is 25.9. The smallest absolute Gasteiger partial charge is 0.338 e. The predicted octanol–water partition coefficient (Wildman–Crippen LogP) is 5.54. The topological polar surface area (TPSA) is 110 Å². The number of aromatic nitrogens is 2. The number of rotatable bonds is 10. The van der Waals surface area contributed by atoms with Crippen LogP contribution in [0, 0.1) is 13.8 Å². The first-order chi connectivity index (χ1) is 24.2. The number of fused-ring (bicyclic) bond motifs is 1. The number of hydrogen-bond donors (Lipinski definition) is 0. The van der Waals surface area contributed by atoms with Crippen LogP contribution in [0.5, 0.6) is 11.5 Å². The SMILES string of the molecule is CCOC(=O)C1=C(c2ccccc2)N=c2s/c(=C\c3cc(C)n(-c4ccc(C(=O)OCC)cc4)c3C)c(=O)n2[C@@H]1c1ccc(OC)c(OC)c1. The van der Waals surface area contributed by atoms with Gasteiger partial charge in [0.2, 0.25) is 0 Å². The molecule has 0 N–H and O–H groups in total. The molecular weight excluding hydrogens is 655 g/mol. The Labute approximate surface area is 293 Å². The average Bonchev–Trinajstić information content (AvgIpc) is 3.60. The third kappa shape index (κ3) is 6.27. The van der Waals surface area contributed by atoms with Crippen LogP contribution in [0.4, 0.5) is 0 Å². The van der Waals surface area contributed by atoms with Gasteiger partial charge in [0.25, 0.3) is 5.56 Å². The van der Waals surface area contributed by atoms with E-state index in [-0.39, 0.29) is 23.7 Å². The number of esters is 2. The molecule has 0 unspecified atom stereocenters. The highest BCUT2D eigenvalue weighted by atomic mass is 32.1. The van der Waals surface area contributed by atoms with Crippen molar-refractivity contribution in [1.82, 2.24) is 9.13 Å². The van der Waals surface area contributed by atoms with Gasteiger partial charge in [-0.2, -0.15) is 0 Å². The molecule has 2 aromatic heterocycles. The molecule has 5 aromatic rings. The van der Waals surface area contributed by atoms with Crippen molar-refractivity contribution in [3.05, 3.63) is 138 Å². The first-order valence-corrected chi connectivity index (χ1v) is 17.0. The van der Waals surface area contributed by atoms with Crippen molar-refractivity contribution < 1.29 is 28.5 Å². The highest BCUT2D eigenvalue weighted by molar-refractivity contribution is 7.07. The minimum Gasteiger partial charge on any atom is -0.493 e. The maximum absolute atomic E-state index is 14.5. The number of benzene rings is 3. The molecule has 0 saturated heterocycles. The van der Waals surface area contributed by atoms with E-state index < -0.39 is 12.0 Å². The lowest BCUT2D eigenvalue weighted by atomic mass is 9.93. The van der Waals surface area contributed by atoms with Gasteiger partial charge in [0.05, 0.1) is 54.8 Å². The molecule has 0 spiro atoms. The summed E-state index contributed by atoms with van der Waals surface area (Å²) in [5, 5.41) is 0. The van der Waals surface area contributed by atoms with Crippen LogP contribution >= 0.6 is 11.3 Å². The third-order valence-corrected chi connectivity index (χ3v) is 9.47. The third-order valence-electron chi connectivity index (χ3n) is 8.49. The van der Waals surface area contributed by atoms with E-state index in [0.29, 0.717) is 44.3 Å². The molecular formula is C39H37N3O7S. The number of aryl methyl sites for hydroxylation is 1. The monoisotopic (exact) mass is 691 g/mol. The van der Waals surface area contributed by atoms with Crippen molar-refractivity contribution in [2.24, 2.45) is 4.99 Å². The molecule has 3 aromatic carbocycles. The molecule has 0 radical (unpaired) electrons. The lowest BCUT2D eigenvalue weighted by Crippen LogP contribution is -2.40. The van der Waals surface area contributed by atoms with Gasteiger partial charge in [-0.05, 0) is 87.4 Å². The normalized spacial score (nSPS) is 14.2. The van der Waals surface area contributed by atoms with Gasteiger partial charge in [-0.15, -0.1) is 0 Å². The van der Waals surface area contributed by atoms with E-state index in [1.807, 2.05) is 74.5 Å². The zero-order chi connectivity index (χ0) is 35.5. The van der Waals surface area contributed by atoms with Gasteiger partial charge in [0.15, 0.2) is 16.3 Å². The number of methoxy groups -OCH3 is 2. The predicted molar refractivity (Wildman–Crippen MR) is 192 cm³/mol. The van der Waals surface area contributed by atoms with Gasteiger partial charge >= 0.3 is 11.9 Å². The van der Waals surface area contributed by atoms with Crippen LogP contribution in [0.2, 0.25) is 0 Å². The van der Waals surface area contributed by atoms with Crippen molar-refractivity contribution in [3.63, 3.8) is 0 Å². The van der Waals surface area contributed by atoms with Gasteiger partial charge in [-0.1, -0.05) is 47.7 Å². The van der Waals surface area contributed by atoms with Gasteiger partial charge in [0.1, 0.15) is 0 Å². The van der Waals surface area contributed by atoms with E-state index in [1.165, 1.54) is 18.4 Å². The van der Waals surface area contributed by atoms with Gasteiger partial charge < -0.3 is 23.5 Å². The number of hydrogen-bond acceptors (Lipinski definition) is 9. The molecule has 0 saturated carbocycles. The molecule has 1 aliphatic rings. The second-order valence-electron chi connectivity index (χ2n) is 11.5. The number of nitrogens with zero attached hydrogens (tertiary/aromatic N) is 3. The van der Waals surface area contributed by atoms with E-state index in [4.69, 9.17) is 23.9 Å². The molecule has 50 heavy (non-hydrogen) atoms. The Bertz CT molecular complexity index is 2300. The van der Waals surface area contributed by atoms with Gasteiger partial charge in [-0.3, -0.25) is 9.36 Å². The molecule has 0 fully saturated rings. The van der Waals surface area contributed by atoms with Gasteiger partial charge in [0, 0.05) is 22.6 Å². The highest BCUT2D eigenvalue weighted by Gasteiger charge is 2.35. The van der Waals surface area contributed by atoms with E-state index in [9.17, 15) is 14.4 Å². The second kappa shape index (κ2) is 14.4. The Morgan fingerprint density at radius 2 is 1.54 bits per heavy atom. The van der Waals surface area contributed by atoms with E-state index in [0.717, 1.165) is 28.2 Å². The van der Waals surface area contributed by atoms with Crippen LogP contribution in [-0.4, -0.2) is 48.5 Å². The summed E-state index contributed by atoms with van der Waals surface area (Å²) in [6, 6.07) is 23.1. The summed E-state index contributed by atoms with van der Waals surface area (Å²) in [5.41, 5.74) is 5.77. The molecule has 1 aliphatic heterocycles. The lowest BCUT2D eigenvalue weighted by Gasteiger charge is -2.26. The van der Waals surface area contributed by atoms with Gasteiger partial charge in [-0.25, -0.2) is 14.6 Å². The fourth-order valence-corrected chi connectivity index (χ4v) is 7.20. The van der Waals surface area contributed by atoms with Crippen molar-refractivity contribution in [1.29, 1.82) is 0 Å². The van der Waals surface area contributed by atoms with Crippen molar-refractivity contribution in [2.75, 3.05) is 27.4 Å². The molecule has 0 amide bonds. The number of ether oxygens (including phenoxy) is 4. The molecule has 11 heteroatoms. The molecule has 6 rings (SSSR count). The van der Waals surface area contributed by atoms with Crippen LogP contribution in [0.15, 0.2) is 94.2 Å². The molecule has 0 bridgehead atoms. The second-order valence-corrected chi connectivity index (χ2v) is 12.5. The summed E-state index contributed by atoms with van der Waals surface area (Å²) >= 11 is 1.25. The molecule has 10 nitrogen and oxygen atoms in total. The Morgan fingerprint density at radius 3 is 2.20 bits per heavy atom. The number of thiazole rings is 1. The fourth-order valence-electron chi connectivity index (χ4n) is 6.21. The summed E-state index contributed by atoms with van der Waals surface area (Å²) in [7, 11) is 3.09. The fraction of sp³-hybridized carbons (Fsp3) is 0.231. The maximum atomic E-state index is 14.5. The molecule has 3 heterocycles. The minimum absolute atomic E-state index is 0.147. The zero-order valence-corrected chi connectivity index (χ0v) is 29.5. The largest absolute Gasteiger partial charge is 0.493 e. The lowest BCUT2D eigenvalue weighted by molar-refractivity contribution is -0.138. The highest BCUT2D eigenvalue weighted by Crippen LogP contribution is 2.38. The summed E-state index contributed by atoms with van der Waals surface area (Å²) in [6.45, 7) is 7.93. The van der Waals surface area contributed by atoms with Crippen LogP contribution in [0.1, 0.15) is 58.3 Å².